The molecule has 0 aliphatic carbocycles. The number of rotatable bonds is 3. The average molecular weight is 360 g/mol. The molecule has 0 spiro atoms. The van der Waals surface area contributed by atoms with E-state index >= 15 is 0 Å². The van der Waals surface area contributed by atoms with Gasteiger partial charge in [0.2, 0.25) is 0 Å². The van der Waals surface area contributed by atoms with Crippen molar-refractivity contribution in [3.8, 4) is 11.5 Å². The zero-order valence-corrected chi connectivity index (χ0v) is 13.7. The van der Waals surface area contributed by atoms with Crippen LogP contribution in [0.25, 0.3) is 0 Å². The van der Waals surface area contributed by atoms with Crippen LogP contribution in [0.2, 0.25) is 0 Å². The van der Waals surface area contributed by atoms with Crippen molar-refractivity contribution in [1.82, 2.24) is 4.98 Å². The van der Waals surface area contributed by atoms with Crippen LogP contribution in [0, 0.1) is 0 Å². The summed E-state index contributed by atoms with van der Waals surface area (Å²) in [4.78, 5) is 4.69. The quantitative estimate of drug-likeness (QED) is 0.911. The van der Waals surface area contributed by atoms with Crippen molar-refractivity contribution in [3.05, 3.63) is 34.3 Å². The SMILES string of the molecule is COc1ccc(OC)c2c1CN(c1ncc(C(F)(F)F)s1)CC2O. The molecule has 1 aromatic heterocycles. The van der Waals surface area contributed by atoms with Crippen molar-refractivity contribution in [2.24, 2.45) is 0 Å². The predicted octanol–water partition coefficient (Wildman–Crippen LogP) is 3.23. The molecule has 0 radical (unpaired) electrons. The number of ether oxygens (including phenoxy) is 2. The number of aliphatic hydroxyl groups is 1. The smallest absolute Gasteiger partial charge is 0.427 e. The number of aromatic nitrogens is 1. The molecule has 3 rings (SSSR count). The Morgan fingerprint density at radius 2 is 1.92 bits per heavy atom. The lowest BCUT2D eigenvalue weighted by Gasteiger charge is -2.33. The van der Waals surface area contributed by atoms with Gasteiger partial charge in [-0.3, -0.25) is 0 Å². The molecule has 0 saturated carbocycles. The highest BCUT2D eigenvalue weighted by molar-refractivity contribution is 7.15. The first kappa shape index (κ1) is 16.8. The third kappa shape index (κ3) is 2.89. The van der Waals surface area contributed by atoms with Crippen LogP contribution >= 0.6 is 11.3 Å². The molecule has 1 aliphatic rings. The second-order valence-electron chi connectivity index (χ2n) is 5.26. The highest BCUT2D eigenvalue weighted by Gasteiger charge is 2.36. The number of methoxy groups -OCH3 is 2. The first-order valence-corrected chi connectivity index (χ1v) is 7.86. The van der Waals surface area contributed by atoms with Crippen LogP contribution in [0.4, 0.5) is 18.3 Å². The zero-order valence-electron chi connectivity index (χ0n) is 12.9. The minimum absolute atomic E-state index is 0.126. The number of alkyl halides is 3. The molecule has 0 bridgehead atoms. The number of anilines is 1. The van der Waals surface area contributed by atoms with Gasteiger partial charge in [-0.1, -0.05) is 11.3 Å². The number of benzene rings is 1. The lowest BCUT2D eigenvalue weighted by atomic mass is 9.95. The van der Waals surface area contributed by atoms with Crippen molar-refractivity contribution in [2.45, 2.75) is 18.8 Å². The zero-order chi connectivity index (χ0) is 17.5. The van der Waals surface area contributed by atoms with Crippen LogP contribution in [0.1, 0.15) is 22.1 Å². The molecule has 1 aromatic carbocycles. The summed E-state index contributed by atoms with van der Waals surface area (Å²) in [6.07, 6.45) is -4.54. The molecule has 1 aliphatic heterocycles. The van der Waals surface area contributed by atoms with Crippen LogP contribution < -0.4 is 14.4 Å². The summed E-state index contributed by atoms with van der Waals surface area (Å²) < 4.78 is 48.9. The number of hydrogen-bond donors (Lipinski definition) is 1. The highest BCUT2D eigenvalue weighted by atomic mass is 32.1. The first-order valence-electron chi connectivity index (χ1n) is 7.05. The van der Waals surface area contributed by atoms with E-state index < -0.39 is 17.2 Å². The van der Waals surface area contributed by atoms with Crippen LogP contribution in [0.15, 0.2) is 18.3 Å². The molecular weight excluding hydrogens is 345 g/mol. The Labute approximate surface area is 140 Å². The Balaban J connectivity index is 1.98. The Morgan fingerprint density at radius 3 is 2.50 bits per heavy atom. The third-order valence-corrected chi connectivity index (χ3v) is 4.94. The lowest BCUT2D eigenvalue weighted by molar-refractivity contribution is -0.134. The Morgan fingerprint density at radius 1 is 1.25 bits per heavy atom. The fraction of sp³-hybridized carbons (Fsp3) is 0.400. The molecule has 2 heterocycles. The lowest BCUT2D eigenvalue weighted by Crippen LogP contribution is -2.34. The van der Waals surface area contributed by atoms with Crippen molar-refractivity contribution in [3.63, 3.8) is 0 Å². The fourth-order valence-corrected chi connectivity index (χ4v) is 3.56. The molecule has 0 fully saturated rings. The molecule has 0 amide bonds. The van der Waals surface area contributed by atoms with E-state index in [1.807, 2.05) is 0 Å². The number of halogens is 3. The van der Waals surface area contributed by atoms with Crippen LogP contribution in [0.5, 0.6) is 11.5 Å². The van der Waals surface area contributed by atoms with Gasteiger partial charge in [0.25, 0.3) is 0 Å². The molecule has 1 N–H and O–H groups in total. The summed E-state index contributed by atoms with van der Waals surface area (Å²) in [6, 6.07) is 3.40. The maximum Gasteiger partial charge on any atom is 0.427 e. The highest BCUT2D eigenvalue weighted by Crippen LogP contribution is 2.42. The number of hydrogen-bond acceptors (Lipinski definition) is 6. The number of aliphatic hydroxyl groups excluding tert-OH is 1. The van der Waals surface area contributed by atoms with Gasteiger partial charge in [-0.2, -0.15) is 13.2 Å². The maximum absolute atomic E-state index is 12.8. The molecular formula is C15H15F3N2O3S. The Kier molecular flexibility index (Phi) is 4.31. The second-order valence-corrected chi connectivity index (χ2v) is 6.27. The van der Waals surface area contributed by atoms with Crippen LogP contribution in [-0.4, -0.2) is 30.9 Å². The van der Waals surface area contributed by atoms with E-state index in [-0.39, 0.29) is 18.2 Å². The summed E-state index contributed by atoms with van der Waals surface area (Å²) in [5.41, 5.74) is 1.28. The molecule has 130 valence electrons. The minimum atomic E-state index is -4.43. The summed E-state index contributed by atoms with van der Waals surface area (Å²) >= 11 is 0.553. The van der Waals surface area contributed by atoms with Gasteiger partial charge in [0.1, 0.15) is 22.5 Å². The minimum Gasteiger partial charge on any atom is -0.496 e. The van der Waals surface area contributed by atoms with Gasteiger partial charge >= 0.3 is 6.18 Å². The van der Waals surface area contributed by atoms with E-state index in [0.29, 0.717) is 34.0 Å². The number of β-amino-alcohol motifs (C(OH)–C–C–N with tert-alkyl or cyclic N) is 1. The number of thiazole rings is 1. The van der Waals surface area contributed by atoms with E-state index in [1.165, 1.54) is 14.2 Å². The van der Waals surface area contributed by atoms with Gasteiger partial charge in [-0.05, 0) is 12.1 Å². The van der Waals surface area contributed by atoms with Crippen LogP contribution in [-0.2, 0) is 12.7 Å². The maximum atomic E-state index is 12.8. The van der Waals surface area contributed by atoms with E-state index in [2.05, 4.69) is 4.98 Å². The Hall–Kier alpha value is -2.00. The van der Waals surface area contributed by atoms with E-state index in [9.17, 15) is 18.3 Å². The standard InChI is InChI=1S/C15H15F3N2O3S/c1-22-10-3-4-11(23-2)13-8(10)6-20(7-9(13)21)14-19-5-12(24-14)15(16,17)18/h3-5,9,21H,6-7H2,1-2H3. The number of nitrogens with zero attached hydrogens (tertiary/aromatic N) is 2. The molecule has 2 aromatic rings. The molecule has 1 atom stereocenters. The van der Waals surface area contributed by atoms with Crippen molar-refractivity contribution >= 4 is 16.5 Å². The van der Waals surface area contributed by atoms with Gasteiger partial charge in [0.15, 0.2) is 5.13 Å². The van der Waals surface area contributed by atoms with Crippen molar-refractivity contribution in [1.29, 1.82) is 0 Å². The normalized spacial score (nSPS) is 17.6. The van der Waals surface area contributed by atoms with Gasteiger partial charge < -0.3 is 19.5 Å². The van der Waals surface area contributed by atoms with E-state index in [1.54, 1.807) is 17.0 Å². The second kappa shape index (κ2) is 6.14. The summed E-state index contributed by atoms with van der Waals surface area (Å²) in [5, 5.41) is 10.7. The van der Waals surface area contributed by atoms with Crippen molar-refractivity contribution < 1.29 is 27.8 Å². The van der Waals surface area contributed by atoms with Gasteiger partial charge in [0, 0.05) is 17.7 Å². The van der Waals surface area contributed by atoms with E-state index in [0.717, 1.165) is 6.20 Å². The summed E-state index contributed by atoms with van der Waals surface area (Å²) in [7, 11) is 3.00. The fourth-order valence-electron chi connectivity index (χ4n) is 2.76. The number of fused-ring (bicyclic) bond motifs is 1. The average Bonchev–Trinajstić information content (AvgIpc) is 3.04. The molecule has 0 saturated heterocycles. The summed E-state index contributed by atoms with van der Waals surface area (Å²) in [6.45, 7) is 0.402. The van der Waals surface area contributed by atoms with Crippen molar-refractivity contribution in [2.75, 3.05) is 25.7 Å². The predicted molar refractivity (Wildman–Crippen MR) is 82.7 cm³/mol. The van der Waals surface area contributed by atoms with E-state index in [4.69, 9.17) is 9.47 Å². The molecule has 5 nitrogen and oxygen atoms in total. The monoisotopic (exact) mass is 360 g/mol. The molecule has 24 heavy (non-hydrogen) atoms. The van der Waals surface area contributed by atoms with Gasteiger partial charge in [-0.15, -0.1) is 0 Å². The molecule has 1 unspecified atom stereocenters. The van der Waals surface area contributed by atoms with Crippen LogP contribution in [0.3, 0.4) is 0 Å². The Bertz CT molecular complexity index is 748. The molecule has 9 heteroatoms. The van der Waals surface area contributed by atoms with Gasteiger partial charge in [-0.25, -0.2) is 4.98 Å². The van der Waals surface area contributed by atoms with Gasteiger partial charge in [0.05, 0.1) is 27.0 Å². The summed E-state index contributed by atoms with van der Waals surface area (Å²) in [5.74, 6) is 1.07. The largest absolute Gasteiger partial charge is 0.496 e. The third-order valence-electron chi connectivity index (χ3n) is 3.83. The first-order chi connectivity index (χ1) is 11.3. The topological polar surface area (TPSA) is 54.8 Å².